The zero-order valence-electron chi connectivity index (χ0n) is 15.8. The standard InChI is InChI=1S/C19H19F2N3O5S/c20-14-3-4-16(21)17(10-14)23-18(25)12-29-19(26)13-5-8-24(9-6-13)30(27,28)15-2-1-7-22-11-15/h1-4,7,10-11,13H,5-6,8-9,12H2,(H,23,25). The molecule has 3 rings (SSSR count). The minimum absolute atomic E-state index is 0.0762. The molecule has 0 saturated carbocycles. The molecule has 1 aromatic heterocycles. The van der Waals surface area contributed by atoms with Gasteiger partial charge in [0.2, 0.25) is 10.0 Å². The van der Waals surface area contributed by atoms with Crippen LogP contribution in [0, 0.1) is 17.6 Å². The van der Waals surface area contributed by atoms with E-state index in [-0.39, 0.29) is 36.5 Å². The first-order valence-electron chi connectivity index (χ1n) is 9.09. The van der Waals surface area contributed by atoms with Crippen LogP contribution in [0.2, 0.25) is 0 Å². The van der Waals surface area contributed by atoms with Crippen LogP contribution in [0.15, 0.2) is 47.6 Å². The predicted octanol–water partition coefficient (Wildman–Crippen LogP) is 1.94. The highest BCUT2D eigenvalue weighted by atomic mass is 32.2. The molecule has 1 amide bonds. The van der Waals surface area contributed by atoms with E-state index in [0.29, 0.717) is 0 Å². The number of sulfonamides is 1. The van der Waals surface area contributed by atoms with Crippen molar-refractivity contribution in [1.82, 2.24) is 9.29 Å². The summed E-state index contributed by atoms with van der Waals surface area (Å²) in [7, 11) is -3.69. The topological polar surface area (TPSA) is 106 Å². The van der Waals surface area contributed by atoms with Gasteiger partial charge in [-0.1, -0.05) is 0 Å². The maximum atomic E-state index is 13.5. The third kappa shape index (κ3) is 5.16. The lowest BCUT2D eigenvalue weighted by Gasteiger charge is -2.29. The molecular formula is C19H19F2N3O5S. The summed E-state index contributed by atoms with van der Waals surface area (Å²) in [5, 5.41) is 2.13. The molecule has 0 bridgehead atoms. The fraction of sp³-hybridized carbons (Fsp3) is 0.316. The van der Waals surface area contributed by atoms with Gasteiger partial charge in [0, 0.05) is 31.5 Å². The van der Waals surface area contributed by atoms with Crippen LogP contribution in [0.3, 0.4) is 0 Å². The molecule has 1 saturated heterocycles. The van der Waals surface area contributed by atoms with Crippen molar-refractivity contribution in [2.75, 3.05) is 25.0 Å². The smallest absolute Gasteiger partial charge is 0.309 e. The molecule has 2 aromatic rings. The molecule has 1 aliphatic heterocycles. The number of amides is 1. The second-order valence-electron chi connectivity index (χ2n) is 6.65. The van der Waals surface area contributed by atoms with Gasteiger partial charge in [0.1, 0.15) is 16.5 Å². The Kier molecular flexibility index (Phi) is 6.73. The third-order valence-corrected chi connectivity index (χ3v) is 6.49. The zero-order valence-corrected chi connectivity index (χ0v) is 16.6. The summed E-state index contributed by atoms with van der Waals surface area (Å²) in [5.41, 5.74) is -0.357. The van der Waals surface area contributed by atoms with Gasteiger partial charge in [-0.2, -0.15) is 4.31 Å². The molecular weight excluding hydrogens is 420 g/mol. The van der Waals surface area contributed by atoms with Crippen molar-refractivity contribution in [3.05, 3.63) is 54.4 Å². The number of esters is 1. The highest BCUT2D eigenvalue weighted by molar-refractivity contribution is 7.89. The summed E-state index contributed by atoms with van der Waals surface area (Å²) >= 11 is 0. The van der Waals surface area contributed by atoms with E-state index >= 15 is 0 Å². The van der Waals surface area contributed by atoms with Crippen LogP contribution in [0.5, 0.6) is 0 Å². The molecule has 11 heteroatoms. The van der Waals surface area contributed by atoms with E-state index in [1.54, 1.807) is 0 Å². The first-order chi connectivity index (χ1) is 14.3. The van der Waals surface area contributed by atoms with Gasteiger partial charge in [0.15, 0.2) is 6.61 Å². The largest absolute Gasteiger partial charge is 0.455 e. The number of piperidine rings is 1. The third-order valence-electron chi connectivity index (χ3n) is 4.61. The average Bonchev–Trinajstić information content (AvgIpc) is 2.75. The van der Waals surface area contributed by atoms with Gasteiger partial charge in [0.05, 0.1) is 11.6 Å². The van der Waals surface area contributed by atoms with Crippen LogP contribution >= 0.6 is 0 Å². The van der Waals surface area contributed by atoms with Crippen molar-refractivity contribution < 1.29 is 31.5 Å². The van der Waals surface area contributed by atoms with E-state index in [9.17, 15) is 26.8 Å². The molecule has 0 unspecified atom stereocenters. The Hall–Kier alpha value is -2.92. The zero-order chi connectivity index (χ0) is 21.7. The molecule has 1 aliphatic rings. The fourth-order valence-electron chi connectivity index (χ4n) is 3.01. The highest BCUT2D eigenvalue weighted by Crippen LogP contribution is 2.24. The number of carbonyl (C=O) groups excluding carboxylic acids is 2. The van der Waals surface area contributed by atoms with Crippen molar-refractivity contribution in [3.63, 3.8) is 0 Å². The molecule has 0 spiro atoms. The number of pyridine rings is 1. The predicted molar refractivity (Wildman–Crippen MR) is 102 cm³/mol. The number of benzene rings is 1. The van der Waals surface area contributed by atoms with Crippen LogP contribution in [0.1, 0.15) is 12.8 Å². The van der Waals surface area contributed by atoms with Gasteiger partial charge in [-0.25, -0.2) is 17.2 Å². The molecule has 8 nitrogen and oxygen atoms in total. The van der Waals surface area contributed by atoms with Crippen molar-refractivity contribution >= 4 is 27.6 Å². The van der Waals surface area contributed by atoms with Crippen LogP contribution < -0.4 is 5.32 Å². The van der Waals surface area contributed by atoms with Crippen LogP contribution in [0.4, 0.5) is 14.5 Å². The molecule has 160 valence electrons. The average molecular weight is 439 g/mol. The van der Waals surface area contributed by atoms with E-state index in [1.165, 1.54) is 28.8 Å². The lowest BCUT2D eigenvalue weighted by Crippen LogP contribution is -2.41. The summed E-state index contributed by atoms with van der Waals surface area (Å²) in [6.45, 7) is -0.418. The van der Waals surface area contributed by atoms with E-state index in [4.69, 9.17) is 4.74 Å². The van der Waals surface area contributed by atoms with Gasteiger partial charge < -0.3 is 10.1 Å². The normalized spacial score (nSPS) is 15.5. The molecule has 0 radical (unpaired) electrons. The Bertz CT molecular complexity index is 1030. The van der Waals surface area contributed by atoms with Gasteiger partial charge >= 0.3 is 5.97 Å². The Labute approximate surface area is 171 Å². The number of hydrogen-bond acceptors (Lipinski definition) is 6. The van der Waals surface area contributed by atoms with Gasteiger partial charge in [-0.05, 0) is 37.1 Å². The number of aromatic nitrogens is 1. The Balaban J connectivity index is 1.48. The Morgan fingerprint density at radius 2 is 1.93 bits per heavy atom. The maximum absolute atomic E-state index is 13.5. The van der Waals surface area contributed by atoms with Crippen molar-refractivity contribution in [3.8, 4) is 0 Å². The maximum Gasteiger partial charge on any atom is 0.309 e. The summed E-state index contributed by atoms with van der Waals surface area (Å²) in [6, 6.07) is 5.56. The van der Waals surface area contributed by atoms with Gasteiger partial charge in [-0.3, -0.25) is 14.6 Å². The summed E-state index contributed by atoms with van der Waals surface area (Å²) in [5.74, 6) is -3.58. The van der Waals surface area contributed by atoms with Crippen LogP contribution in [-0.2, 0) is 24.3 Å². The second-order valence-corrected chi connectivity index (χ2v) is 8.59. The SMILES string of the molecule is O=C(COC(=O)C1CCN(S(=O)(=O)c2cccnc2)CC1)Nc1cc(F)ccc1F. The first kappa shape index (κ1) is 21.8. The number of nitrogens with one attached hydrogen (secondary N) is 1. The molecule has 1 N–H and O–H groups in total. The molecule has 0 atom stereocenters. The monoisotopic (exact) mass is 439 g/mol. The number of nitrogens with zero attached hydrogens (tertiary/aromatic N) is 2. The molecule has 1 fully saturated rings. The lowest BCUT2D eigenvalue weighted by molar-refractivity contribution is -0.152. The summed E-state index contributed by atoms with van der Waals surface area (Å²) < 4.78 is 58.0. The summed E-state index contributed by atoms with van der Waals surface area (Å²) in [4.78, 5) is 27.9. The summed E-state index contributed by atoms with van der Waals surface area (Å²) in [6.07, 6.45) is 3.20. The number of anilines is 1. The van der Waals surface area contributed by atoms with E-state index in [2.05, 4.69) is 10.3 Å². The number of halogens is 2. The van der Waals surface area contributed by atoms with Crippen molar-refractivity contribution in [1.29, 1.82) is 0 Å². The molecule has 30 heavy (non-hydrogen) atoms. The fourth-order valence-corrected chi connectivity index (χ4v) is 4.45. The van der Waals surface area contributed by atoms with Crippen LogP contribution in [-0.4, -0.2) is 49.3 Å². The Morgan fingerprint density at radius 1 is 1.20 bits per heavy atom. The number of ether oxygens (including phenoxy) is 1. The lowest BCUT2D eigenvalue weighted by atomic mass is 9.98. The first-order valence-corrected chi connectivity index (χ1v) is 10.5. The molecule has 1 aromatic carbocycles. The van der Waals surface area contributed by atoms with Crippen LogP contribution in [0.25, 0.3) is 0 Å². The minimum Gasteiger partial charge on any atom is -0.455 e. The van der Waals surface area contributed by atoms with Gasteiger partial charge in [-0.15, -0.1) is 0 Å². The van der Waals surface area contributed by atoms with Crippen molar-refractivity contribution in [2.45, 2.75) is 17.7 Å². The number of carbonyl (C=O) groups is 2. The Morgan fingerprint density at radius 3 is 2.60 bits per heavy atom. The quantitative estimate of drug-likeness (QED) is 0.690. The molecule has 2 heterocycles. The van der Waals surface area contributed by atoms with Crippen molar-refractivity contribution in [2.24, 2.45) is 5.92 Å². The number of rotatable bonds is 6. The number of hydrogen-bond donors (Lipinski definition) is 1. The van der Waals surface area contributed by atoms with Gasteiger partial charge in [0.25, 0.3) is 5.91 Å². The second kappa shape index (κ2) is 9.26. The van der Waals surface area contributed by atoms with E-state index in [1.807, 2.05) is 0 Å². The van der Waals surface area contributed by atoms with E-state index < -0.39 is 46.1 Å². The van der Waals surface area contributed by atoms with E-state index in [0.717, 1.165) is 18.2 Å². The minimum atomic E-state index is -3.69. The molecule has 0 aliphatic carbocycles. The highest BCUT2D eigenvalue weighted by Gasteiger charge is 2.33.